The molecule has 2 unspecified atom stereocenters. The molecule has 0 spiro atoms. The molecule has 2 N–H and O–H groups in total. The van der Waals surface area contributed by atoms with Gasteiger partial charge in [-0.05, 0) is 57.1 Å². The van der Waals surface area contributed by atoms with E-state index in [1.807, 2.05) is 24.9 Å². The predicted octanol–water partition coefficient (Wildman–Crippen LogP) is 3.01. The molecule has 1 aromatic heterocycles. The van der Waals surface area contributed by atoms with Crippen LogP contribution in [-0.4, -0.2) is 39.1 Å². The maximum atomic E-state index is 10.5. The quantitative estimate of drug-likeness (QED) is 0.902. The number of thioether (sulfide) groups is 1. The number of likely N-dealkylation sites (N-methyl/N-ethyl adjacent to an activating group) is 1. The van der Waals surface area contributed by atoms with Crippen molar-refractivity contribution in [1.29, 1.82) is 0 Å². The van der Waals surface area contributed by atoms with Crippen LogP contribution in [0.1, 0.15) is 23.7 Å². The van der Waals surface area contributed by atoms with E-state index in [-0.39, 0.29) is 4.75 Å². The Balaban J connectivity index is 1.94. The molecule has 5 nitrogen and oxygen atoms in total. The molecule has 2 atom stereocenters. The molecule has 23 heavy (non-hydrogen) atoms. The first kappa shape index (κ1) is 16.2. The minimum atomic E-state index is -0.502. The number of nitrogens with zero attached hydrogens (tertiary/aromatic N) is 3. The summed E-state index contributed by atoms with van der Waals surface area (Å²) in [7, 11) is 1.94. The molecule has 1 aromatic carbocycles. The topological polar surface area (TPSA) is 61.3 Å². The van der Waals surface area contributed by atoms with Crippen LogP contribution in [0.4, 0.5) is 11.6 Å². The Kier molecular flexibility index (Phi) is 4.31. The Morgan fingerprint density at radius 1 is 1.35 bits per heavy atom. The summed E-state index contributed by atoms with van der Waals surface area (Å²) < 4.78 is -0.343. The van der Waals surface area contributed by atoms with E-state index in [4.69, 9.17) is 0 Å². The fraction of sp³-hybridized carbons (Fsp3) is 0.412. The lowest BCUT2D eigenvalue weighted by Crippen LogP contribution is -2.37. The molecule has 1 aliphatic heterocycles. The van der Waals surface area contributed by atoms with Gasteiger partial charge in [0, 0.05) is 23.5 Å². The largest absolute Gasteiger partial charge is 0.377 e. The fourth-order valence-corrected chi connectivity index (χ4v) is 4.04. The van der Waals surface area contributed by atoms with E-state index in [2.05, 4.69) is 47.3 Å². The van der Waals surface area contributed by atoms with Crippen LogP contribution in [0, 0.1) is 13.8 Å². The van der Waals surface area contributed by atoms with Crippen LogP contribution in [0.2, 0.25) is 0 Å². The molecule has 6 heteroatoms. The second-order valence-corrected chi connectivity index (χ2v) is 7.64. The van der Waals surface area contributed by atoms with E-state index in [1.165, 1.54) is 0 Å². The number of benzene rings is 1. The average Bonchev–Trinajstić information content (AvgIpc) is 2.76. The molecule has 2 aromatic rings. The number of rotatable bonds is 3. The minimum Gasteiger partial charge on any atom is -0.377 e. The number of aromatic nitrogens is 2. The first-order chi connectivity index (χ1) is 10.9. The van der Waals surface area contributed by atoms with Gasteiger partial charge in [-0.2, -0.15) is 0 Å². The molecular weight excluding hydrogens is 308 g/mol. The van der Waals surface area contributed by atoms with E-state index < -0.39 is 6.23 Å². The van der Waals surface area contributed by atoms with Gasteiger partial charge < -0.3 is 10.4 Å². The van der Waals surface area contributed by atoms with Crippen molar-refractivity contribution >= 4 is 23.4 Å². The summed E-state index contributed by atoms with van der Waals surface area (Å²) in [6, 6.07) is 8.15. The molecule has 0 radical (unpaired) electrons. The Bertz CT molecular complexity index is 723. The van der Waals surface area contributed by atoms with E-state index >= 15 is 0 Å². The monoisotopic (exact) mass is 330 g/mol. The molecule has 0 amide bonds. The van der Waals surface area contributed by atoms with Gasteiger partial charge >= 0.3 is 0 Å². The fourth-order valence-electron chi connectivity index (χ4n) is 2.81. The highest BCUT2D eigenvalue weighted by atomic mass is 32.2. The lowest BCUT2D eigenvalue weighted by Gasteiger charge is -2.30. The molecule has 3 rings (SSSR count). The highest BCUT2D eigenvalue weighted by Crippen LogP contribution is 2.46. The van der Waals surface area contributed by atoms with Crippen molar-refractivity contribution in [1.82, 2.24) is 14.9 Å². The van der Waals surface area contributed by atoms with Gasteiger partial charge in [-0.25, -0.2) is 9.97 Å². The van der Waals surface area contributed by atoms with Gasteiger partial charge in [-0.1, -0.05) is 6.07 Å². The summed E-state index contributed by atoms with van der Waals surface area (Å²) in [5.74, 6) is 1.40. The van der Waals surface area contributed by atoms with Gasteiger partial charge in [0.15, 0.2) is 0 Å². The first-order valence-electron chi connectivity index (χ1n) is 7.59. The van der Waals surface area contributed by atoms with Gasteiger partial charge in [0.25, 0.3) is 0 Å². The van der Waals surface area contributed by atoms with Crippen LogP contribution in [0.5, 0.6) is 0 Å². The number of aliphatic hydroxyl groups excluding tert-OH is 1. The van der Waals surface area contributed by atoms with Crippen molar-refractivity contribution in [2.45, 2.75) is 31.7 Å². The third-order valence-electron chi connectivity index (χ3n) is 4.18. The molecule has 1 saturated heterocycles. The van der Waals surface area contributed by atoms with Crippen LogP contribution < -0.4 is 5.32 Å². The maximum Gasteiger partial charge on any atom is 0.227 e. The van der Waals surface area contributed by atoms with Crippen LogP contribution in [0.3, 0.4) is 0 Å². The Labute approximate surface area is 141 Å². The smallest absolute Gasteiger partial charge is 0.227 e. The van der Waals surface area contributed by atoms with Crippen molar-refractivity contribution in [2.24, 2.45) is 0 Å². The summed E-state index contributed by atoms with van der Waals surface area (Å²) in [6.07, 6.45) is 1.24. The number of aliphatic hydroxyl groups is 1. The van der Waals surface area contributed by atoms with Gasteiger partial charge in [0.1, 0.15) is 6.23 Å². The minimum absolute atomic E-state index is 0.343. The molecule has 122 valence electrons. The van der Waals surface area contributed by atoms with Crippen molar-refractivity contribution in [3.05, 3.63) is 47.3 Å². The summed E-state index contributed by atoms with van der Waals surface area (Å²) in [4.78, 5) is 10.6. The summed E-state index contributed by atoms with van der Waals surface area (Å²) in [6.45, 7) is 6.09. The second kappa shape index (κ2) is 6.11. The second-order valence-electron chi connectivity index (χ2n) is 6.25. The number of hydrogen-bond acceptors (Lipinski definition) is 6. The third kappa shape index (κ3) is 3.20. The van der Waals surface area contributed by atoms with Crippen LogP contribution in [-0.2, 0) is 4.75 Å². The number of aryl methyl sites for hydroxylation is 2. The molecule has 2 heterocycles. The molecule has 1 fully saturated rings. The first-order valence-corrected chi connectivity index (χ1v) is 8.58. The zero-order valence-electron chi connectivity index (χ0n) is 13.9. The van der Waals surface area contributed by atoms with Crippen molar-refractivity contribution in [2.75, 3.05) is 18.2 Å². The SMILES string of the molecule is Cc1cc(Nc2nccc(C)n2)cc(C2(C)SCN(C)C2O)c1. The van der Waals surface area contributed by atoms with E-state index in [9.17, 15) is 5.11 Å². The molecule has 0 aliphatic carbocycles. The third-order valence-corrected chi connectivity index (χ3v) is 5.76. The summed E-state index contributed by atoms with van der Waals surface area (Å²) in [5.41, 5.74) is 4.11. The Hall–Kier alpha value is -1.63. The normalized spacial score (nSPS) is 24.8. The van der Waals surface area contributed by atoms with E-state index in [1.54, 1.807) is 18.0 Å². The average molecular weight is 330 g/mol. The molecule has 1 aliphatic rings. The molecule has 0 bridgehead atoms. The number of hydrogen-bond donors (Lipinski definition) is 2. The zero-order valence-corrected chi connectivity index (χ0v) is 14.7. The van der Waals surface area contributed by atoms with Gasteiger partial charge in [-0.3, -0.25) is 4.90 Å². The van der Waals surface area contributed by atoms with Crippen LogP contribution >= 0.6 is 11.8 Å². The van der Waals surface area contributed by atoms with Gasteiger partial charge in [0.2, 0.25) is 5.95 Å². The zero-order chi connectivity index (χ0) is 16.6. The summed E-state index contributed by atoms with van der Waals surface area (Å²) >= 11 is 1.76. The molecule has 0 saturated carbocycles. The maximum absolute atomic E-state index is 10.5. The summed E-state index contributed by atoms with van der Waals surface area (Å²) in [5, 5.41) is 13.8. The number of anilines is 2. The Morgan fingerprint density at radius 3 is 2.78 bits per heavy atom. The number of nitrogens with one attached hydrogen (secondary N) is 1. The lowest BCUT2D eigenvalue weighted by atomic mass is 9.95. The van der Waals surface area contributed by atoms with Crippen LogP contribution in [0.15, 0.2) is 30.5 Å². The van der Waals surface area contributed by atoms with Crippen molar-refractivity contribution < 1.29 is 5.11 Å². The Morgan fingerprint density at radius 2 is 2.13 bits per heavy atom. The van der Waals surface area contributed by atoms with Gasteiger partial charge in [-0.15, -0.1) is 11.8 Å². The van der Waals surface area contributed by atoms with Crippen molar-refractivity contribution in [3.63, 3.8) is 0 Å². The highest BCUT2D eigenvalue weighted by molar-refractivity contribution is 8.00. The predicted molar refractivity (Wildman–Crippen MR) is 94.8 cm³/mol. The van der Waals surface area contributed by atoms with Gasteiger partial charge in [0.05, 0.1) is 4.75 Å². The van der Waals surface area contributed by atoms with Crippen LogP contribution in [0.25, 0.3) is 0 Å². The standard InChI is InChI=1S/C17H22N4OS/c1-11-7-13(17(3)15(22)21(4)10-23-17)9-14(8-11)20-16-18-6-5-12(2)19-16/h5-9,15,22H,10H2,1-4H3,(H,18,19,20). The van der Waals surface area contributed by atoms with E-state index in [0.29, 0.717) is 5.95 Å². The lowest BCUT2D eigenvalue weighted by molar-refractivity contribution is 0.0191. The molecular formula is C17H22N4OS. The van der Waals surface area contributed by atoms with Crippen molar-refractivity contribution in [3.8, 4) is 0 Å². The van der Waals surface area contributed by atoms with E-state index in [0.717, 1.165) is 28.4 Å². The highest BCUT2D eigenvalue weighted by Gasteiger charge is 2.43.